The lowest BCUT2D eigenvalue weighted by molar-refractivity contribution is 0.427. The summed E-state index contributed by atoms with van der Waals surface area (Å²) >= 11 is 0. The molecule has 0 saturated heterocycles. The monoisotopic (exact) mass is 601 g/mol. The Morgan fingerprint density at radius 2 is 1.09 bits per heavy atom. The smallest absolute Gasteiger partial charge is 0.0556 e. The van der Waals surface area contributed by atoms with Crippen LogP contribution in [0.25, 0.3) is 32.3 Å². The number of hydrogen-bond donors (Lipinski definition) is 0. The first-order chi connectivity index (χ1) is 22.8. The molecule has 1 atom stereocenters. The zero-order valence-corrected chi connectivity index (χ0v) is 26.9. The molecule has 0 N–H and O–H groups in total. The molecule has 0 amide bonds. The molecule has 0 aliphatic heterocycles. The van der Waals surface area contributed by atoms with Crippen molar-refractivity contribution in [3.05, 3.63) is 150 Å². The molecule has 0 bridgehead atoms. The average molecular weight is 602 g/mol. The molecule has 7 rings (SSSR count). The fraction of sp³-hybridized carbons (Fsp3) is 0.279. The summed E-state index contributed by atoms with van der Waals surface area (Å²) in [5.74, 6) is 0.119. The van der Waals surface area contributed by atoms with Gasteiger partial charge in [0.15, 0.2) is 0 Å². The molecule has 0 saturated carbocycles. The van der Waals surface area contributed by atoms with Gasteiger partial charge < -0.3 is 0 Å². The van der Waals surface area contributed by atoms with E-state index < -0.39 is 5.41 Å². The Hall–Kier alpha value is -4.63. The van der Waals surface area contributed by atoms with Crippen LogP contribution in [0.3, 0.4) is 0 Å². The van der Waals surface area contributed by atoms with Gasteiger partial charge in [0.2, 0.25) is 0 Å². The molecule has 3 aromatic heterocycles. The van der Waals surface area contributed by atoms with E-state index in [0.717, 1.165) is 12.8 Å². The summed E-state index contributed by atoms with van der Waals surface area (Å²) in [6.45, 7) is 2.29. The molecule has 4 aromatic carbocycles. The summed E-state index contributed by atoms with van der Waals surface area (Å²) in [4.78, 5) is 14.2. The summed E-state index contributed by atoms with van der Waals surface area (Å²) in [5.41, 5.74) is 4.38. The fourth-order valence-corrected chi connectivity index (χ4v) is 8.04. The summed E-state index contributed by atoms with van der Waals surface area (Å²) in [6.07, 6.45) is 23.3. The van der Waals surface area contributed by atoms with E-state index in [1.54, 1.807) is 0 Å². The van der Waals surface area contributed by atoms with Gasteiger partial charge in [0.05, 0.1) is 5.41 Å². The lowest BCUT2D eigenvalue weighted by Gasteiger charge is -2.43. The second-order valence-electron chi connectivity index (χ2n) is 12.9. The first-order valence-corrected chi connectivity index (χ1v) is 17.2. The lowest BCUT2D eigenvalue weighted by atomic mass is 9.58. The molecule has 0 aliphatic carbocycles. The second-order valence-corrected chi connectivity index (χ2v) is 12.9. The third kappa shape index (κ3) is 5.53. The number of unbranched alkanes of at least 4 members (excludes halogenated alkanes) is 7. The van der Waals surface area contributed by atoms with Crippen molar-refractivity contribution in [2.45, 2.75) is 76.0 Å². The molecule has 230 valence electrons. The summed E-state index contributed by atoms with van der Waals surface area (Å²) < 4.78 is 0. The zero-order chi connectivity index (χ0) is 31.2. The van der Waals surface area contributed by atoms with Crippen molar-refractivity contribution in [1.29, 1.82) is 0 Å². The number of pyridine rings is 3. The standard InChI is InChI=1S/C43H43N3/c1-2-3-4-5-6-7-8-9-19-39(35-16-11-26-44-29-35)43(36-17-12-27-45-30-36,37-18-13-28-46-31-37)40-25-23-34-21-20-32-14-10-15-33-22-24-38(40)42(34)41(32)33/h10-18,20-31,39H,2-9,19H2,1H3. The third-order valence-corrected chi connectivity index (χ3v) is 10.1. The Morgan fingerprint density at radius 3 is 1.70 bits per heavy atom. The van der Waals surface area contributed by atoms with E-state index in [-0.39, 0.29) is 5.92 Å². The van der Waals surface area contributed by atoms with Crippen molar-refractivity contribution < 1.29 is 0 Å². The highest BCUT2D eigenvalue weighted by Gasteiger charge is 2.46. The first-order valence-electron chi connectivity index (χ1n) is 17.2. The zero-order valence-electron chi connectivity index (χ0n) is 26.9. The summed E-state index contributed by atoms with van der Waals surface area (Å²) in [5, 5.41) is 7.80. The second kappa shape index (κ2) is 13.8. The SMILES string of the molecule is CCCCCCCCCCC(c1cccnc1)C(c1cccnc1)(c1cccnc1)c1ccc2ccc3cccc4ccc1c2c34. The number of aromatic nitrogens is 3. The van der Waals surface area contributed by atoms with Crippen molar-refractivity contribution >= 4 is 32.3 Å². The van der Waals surface area contributed by atoms with E-state index >= 15 is 0 Å². The molecule has 0 radical (unpaired) electrons. The van der Waals surface area contributed by atoms with Gasteiger partial charge in [0, 0.05) is 43.1 Å². The van der Waals surface area contributed by atoms with Gasteiger partial charge in [-0.2, -0.15) is 0 Å². The molecule has 3 heteroatoms. The Labute approximate surface area is 273 Å². The molecular formula is C43H43N3. The van der Waals surface area contributed by atoms with Gasteiger partial charge in [-0.15, -0.1) is 0 Å². The normalized spacial score (nSPS) is 12.7. The van der Waals surface area contributed by atoms with Gasteiger partial charge in [-0.25, -0.2) is 0 Å². The van der Waals surface area contributed by atoms with Gasteiger partial charge >= 0.3 is 0 Å². The number of benzene rings is 4. The van der Waals surface area contributed by atoms with Crippen molar-refractivity contribution in [1.82, 2.24) is 15.0 Å². The van der Waals surface area contributed by atoms with Crippen molar-refractivity contribution in [2.75, 3.05) is 0 Å². The van der Waals surface area contributed by atoms with E-state index in [1.165, 1.54) is 99.5 Å². The fourth-order valence-electron chi connectivity index (χ4n) is 8.04. The van der Waals surface area contributed by atoms with Crippen LogP contribution in [0.2, 0.25) is 0 Å². The predicted octanol–water partition coefficient (Wildman–Crippen LogP) is 11.4. The first kappa shape index (κ1) is 30.0. The Morgan fingerprint density at radius 1 is 0.522 bits per heavy atom. The van der Waals surface area contributed by atoms with Crippen LogP contribution in [-0.2, 0) is 5.41 Å². The topological polar surface area (TPSA) is 38.7 Å². The minimum absolute atomic E-state index is 0.119. The van der Waals surface area contributed by atoms with Crippen LogP contribution in [-0.4, -0.2) is 15.0 Å². The van der Waals surface area contributed by atoms with Crippen molar-refractivity contribution in [3.63, 3.8) is 0 Å². The highest BCUT2D eigenvalue weighted by Crippen LogP contribution is 2.54. The van der Waals surface area contributed by atoms with Gasteiger partial charge in [-0.05, 0) is 79.2 Å². The van der Waals surface area contributed by atoms with E-state index in [4.69, 9.17) is 9.97 Å². The van der Waals surface area contributed by atoms with E-state index in [0.29, 0.717) is 0 Å². The predicted molar refractivity (Wildman–Crippen MR) is 193 cm³/mol. The molecule has 3 heterocycles. The summed E-state index contributed by atoms with van der Waals surface area (Å²) in [7, 11) is 0. The van der Waals surface area contributed by atoms with Crippen LogP contribution in [0, 0.1) is 0 Å². The van der Waals surface area contributed by atoms with E-state index in [2.05, 4.69) is 121 Å². The van der Waals surface area contributed by atoms with Crippen LogP contribution in [0.15, 0.2) is 128 Å². The van der Waals surface area contributed by atoms with Crippen LogP contribution >= 0.6 is 0 Å². The maximum absolute atomic E-state index is 4.75. The largest absolute Gasteiger partial charge is 0.264 e. The number of hydrogen-bond acceptors (Lipinski definition) is 3. The highest BCUT2D eigenvalue weighted by molar-refractivity contribution is 6.23. The average Bonchev–Trinajstić information content (AvgIpc) is 3.12. The van der Waals surface area contributed by atoms with Crippen molar-refractivity contribution in [3.8, 4) is 0 Å². The molecule has 3 nitrogen and oxygen atoms in total. The van der Waals surface area contributed by atoms with Crippen LogP contribution in [0.1, 0.15) is 92.9 Å². The lowest BCUT2D eigenvalue weighted by Crippen LogP contribution is -2.37. The Balaban J connectivity index is 1.46. The van der Waals surface area contributed by atoms with Crippen LogP contribution in [0.4, 0.5) is 0 Å². The molecule has 0 fully saturated rings. The van der Waals surface area contributed by atoms with Gasteiger partial charge in [0.25, 0.3) is 0 Å². The number of rotatable bonds is 14. The van der Waals surface area contributed by atoms with Gasteiger partial charge in [0.1, 0.15) is 0 Å². The van der Waals surface area contributed by atoms with Gasteiger partial charge in [-0.3, -0.25) is 15.0 Å². The number of nitrogens with zero attached hydrogens (tertiary/aromatic N) is 3. The quantitative estimate of drug-likeness (QED) is 0.0919. The molecule has 1 unspecified atom stereocenters. The minimum Gasteiger partial charge on any atom is -0.264 e. The highest BCUT2D eigenvalue weighted by atomic mass is 14.7. The molecule has 7 aromatic rings. The summed E-state index contributed by atoms with van der Waals surface area (Å²) in [6, 6.07) is 33.7. The Bertz CT molecular complexity index is 1930. The van der Waals surface area contributed by atoms with E-state index in [1.807, 2.05) is 18.6 Å². The molecule has 0 aliphatic rings. The molecule has 46 heavy (non-hydrogen) atoms. The minimum atomic E-state index is -0.547. The maximum Gasteiger partial charge on any atom is 0.0556 e. The van der Waals surface area contributed by atoms with E-state index in [9.17, 15) is 0 Å². The van der Waals surface area contributed by atoms with Crippen LogP contribution in [0.5, 0.6) is 0 Å². The molecular weight excluding hydrogens is 558 g/mol. The maximum atomic E-state index is 4.75. The third-order valence-electron chi connectivity index (χ3n) is 10.1. The van der Waals surface area contributed by atoms with Crippen LogP contribution < -0.4 is 0 Å². The molecule has 0 spiro atoms. The van der Waals surface area contributed by atoms with Crippen molar-refractivity contribution in [2.24, 2.45) is 0 Å². The Kier molecular flexibility index (Phi) is 9.01. The van der Waals surface area contributed by atoms with Gasteiger partial charge in [-0.1, -0.05) is 131 Å².